The number of aryl methyl sites for hydroxylation is 1. The van der Waals surface area contributed by atoms with Gasteiger partial charge in [-0.25, -0.2) is 0 Å². The highest BCUT2D eigenvalue weighted by Gasteiger charge is 2.32. The number of nitrogens with two attached hydrogens (primary N) is 1. The minimum absolute atomic E-state index is 0.196. The molecule has 0 aliphatic carbocycles. The Morgan fingerprint density at radius 3 is 2.62 bits per heavy atom. The van der Waals surface area contributed by atoms with Gasteiger partial charge in [-0.15, -0.1) is 0 Å². The molecular formula is C19H23N3O2. The average molecular weight is 325 g/mol. The van der Waals surface area contributed by atoms with Crippen molar-refractivity contribution in [3.05, 3.63) is 75.3 Å². The topological polar surface area (TPSA) is 72.4 Å². The Morgan fingerprint density at radius 2 is 1.96 bits per heavy atom. The van der Waals surface area contributed by atoms with Gasteiger partial charge < -0.3 is 5.73 Å². The maximum Gasteiger partial charge on any atom is 0.272 e. The van der Waals surface area contributed by atoms with Crippen molar-refractivity contribution in [3.63, 3.8) is 0 Å². The molecule has 1 saturated heterocycles. The first kappa shape index (κ1) is 16.6. The average Bonchev–Trinajstić information content (AvgIpc) is 3.00. The van der Waals surface area contributed by atoms with E-state index in [4.69, 9.17) is 5.73 Å². The van der Waals surface area contributed by atoms with Crippen molar-refractivity contribution >= 4 is 5.69 Å². The van der Waals surface area contributed by atoms with E-state index in [-0.39, 0.29) is 10.6 Å². The molecule has 5 heteroatoms. The van der Waals surface area contributed by atoms with Crippen molar-refractivity contribution in [1.82, 2.24) is 4.90 Å². The smallest absolute Gasteiger partial charge is 0.272 e. The van der Waals surface area contributed by atoms with Crippen LogP contribution in [0.25, 0.3) is 0 Å². The Hall–Kier alpha value is -2.24. The SMILES string of the molecule is Cc1ccc(CN2C[C@@H](CN)[C@H](c3ccccc3)C2)cc1[N+](=O)[O-]. The van der Waals surface area contributed by atoms with Gasteiger partial charge in [-0.2, -0.15) is 0 Å². The quantitative estimate of drug-likeness (QED) is 0.677. The zero-order valence-corrected chi connectivity index (χ0v) is 13.9. The largest absolute Gasteiger partial charge is 0.330 e. The van der Waals surface area contributed by atoms with E-state index in [1.807, 2.05) is 18.2 Å². The van der Waals surface area contributed by atoms with Crippen molar-refractivity contribution in [2.45, 2.75) is 19.4 Å². The van der Waals surface area contributed by atoms with Gasteiger partial charge >= 0.3 is 0 Å². The van der Waals surface area contributed by atoms with E-state index in [1.165, 1.54) is 5.56 Å². The summed E-state index contributed by atoms with van der Waals surface area (Å²) in [5.74, 6) is 0.851. The van der Waals surface area contributed by atoms with Gasteiger partial charge in [-0.1, -0.05) is 42.5 Å². The zero-order valence-electron chi connectivity index (χ0n) is 13.9. The van der Waals surface area contributed by atoms with Gasteiger partial charge in [-0.05, 0) is 30.5 Å². The van der Waals surface area contributed by atoms with Crippen molar-refractivity contribution in [1.29, 1.82) is 0 Å². The van der Waals surface area contributed by atoms with Crippen LogP contribution in [0.15, 0.2) is 48.5 Å². The summed E-state index contributed by atoms with van der Waals surface area (Å²) in [7, 11) is 0. The number of nitro groups is 1. The molecule has 2 aromatic carbocycles. The molecule has 0 radical (unpaired) electrons. The van der Waals surface area contributed by atoms with Crippen LogP contribution in [0.1, 0.15) is 22.6 Å². The predicted octanol–water partition coefficient (Wildman–Crippen LogP) is 3.08. The third kappa shape index (κ3) is 3.47. The molecule has 3 rings (SSSR count). The first-order valence-corrected chi connectivity index (χ1v) is 8.29. The predicted molar refractivity (Wildman–Crippen MR) is 94.8 cm³/mol. The van der Waals surface area contributed by atoms with Crippen LogP contribution < -0.4 is 5.73 Å². The normalized spacial score (nSPS) is 21.1. The maximum atomic E-state index is 11.1. The number of nitro benzene ring substituents is 1. The minimum Gasteiger partial charge on any atom is -0.330 e. The second kappa shape index (κ2) is 7.11. The summed E-state index contributed by atoms with van der Waals surface area (Å²) in [6.45, 7) is 5.02. The van der Waals surface area contributed by atoms with Crippen molar-refractivity contribution in [2.75, 3.05) is 19.6 Å². The third-order valence-corrected chi connectivity index (χ3v) is 4.92. The number of hydrogen-bond donors (Lipinski definition) is 1. The fourth-order valence-corrected chi connectivity index (χ4v) is 3.61. The van der Waals surface area contributed by atoms with E-state index in [0.29, 0.717) is 23.9 Å². The Balaban J connectivity index is 1.75. The Bertz CT molecular complexity index is 718. The van der Waals surface area contributed by atoms with Gasteiger partial charge in [0.25, 0.3) is 5.69 Å². The van der Waals surface area contributed by atoms with Crippen LogP contribution in [0.2, 0.25) is 0 Å². The monoisotopic (exact) mass is 325 g/mol. The van der Waals surface area contributed by atoms with Crippen LogP contribution in [-0.2, 0) is 6.54 Å². The summed E-state index contributed by atoms with van der Waals surface area (Å²) >= 11 is 0. The molecule has 5 nitrogen and oxygen atoms in total. The molecular weight excluding hydrogens is 302 g/mol. The molecule has 0 aromatic heterocycles. The Morgan fingerprint density at radius 1 is 1.21 bits per heavy atom. The van der Waals surface area contributed by atoms with Crippen LogP contribution in [0.4, 0.5) is 5.69 Å². The number of likely N-dealkylation sites (tertiary alicyclic amines) is 1. The molecule has 1 heterocycles. The molecule has 0 bridgehead atoms. The second-order valence-corrected chi connectivity index (χ2v) is 6.58. The Labute approximate surface area is 142 Å². The van der Waals surface area contributed by atoms with E-state index < -0.39 is 0 Å². The highest BCUT2D eigenvalue weighted by atomic mass is 16.6. The van der Waals surface area contributed by atoms with Gasteiger partial charge in [0, 0.05) is 37.2 Å². The van der Waals surface area contributed by atoms with E-state index >= 15 is 0 Å². The summed E-state index contributed by atoms with van der Waals surface area (Å²) in [6, 6.07) is 16.0. The molecule has 24 heavy (non-hydrogen) atoms. The first-order valence-electron chi connectivity index (χ1n) is 8.29. The molecule has 2 N–H and O–H groups in total. The molecule has 0 saturated carbocycles. The summed E-state index contributed by atoms with van der Waals surface area (Å²) in [6.07, 6.45) is 0. The standard InChI is InChI=1S/C19H23N3O2/c1-14-7-8-15(9-19(14)22(23)24)11-21-12-17(10-20)18(13-21)16-5-3-2-4-6-16/h2-9,17-18H,10-13,20H2,1H3/t17-,18+/m1/s1. The van der Waals surface area contributed by atoms with Crippen LogP contribution in [0, 0.1) is 23.0 Å². The van der Waals surface area contributed by atoms with E-state index in [2.05, 4.69) is 29.2 Å². The highest BCUT2D eigenvalue weighted by Crippen LogP contribution is 2.33. The lowest BCUT2D eigenvalue weighted by Gasteiger charge is -2.17. The van der Waals surface area contributed by atoms with Gasteiger partial charge in [-0.3, -0.25) is 15.0 Å². The first-order chi connectivity index (χ1) is 11.6. The maximum absolute atomic E-state index is 11.1. The number of rotatable bonds is 5. The molecule has 1 aliphatic heterocycles. The van der Waals surface area contributed by atoms with E-state index in [9.17, 15) is 10.1 Å². The van der Waals surface area contributed by atoms with Gasteiger partial charge in [0.1, 0.15) is 0 Å². The van der Waals surface area contributed by atoms with Crippen molar-refractivity contribution in [3.8, 4) is 0 Å². The minimum atomic E-state index is -0.307. The lowest BCUT2D eigenvalue weighted by molar-refractivity contribution is -0.385. The van der Waals surface area contributed by atoms with Crippen LogP contribution in [0.3, 0.4) is 0 Å². The molecule has 1 aliphatic rings. The number of benzene rings is 2. The van der Waals surface area contributed by atoms with Gasteiger partial charge in [0.05, 0.1) is 4.92 Å². The fourth-order valence-electron chi connectivity index (χ4n) is 3.61. The summed E-state index contributed by atoms with van der Waals surface area (Å²) in [5, 5.41) is 11.1. The van der Waals surface area contributed by atoms with Crippen LogP contribution >= 0.6 is 0 Å². The fraction of sp³-hybridized carbons (Fsp3) is 0.368. The van der Waals surface area contributed by atoms with Crippen LogP contribution in [-0.4, -0.2) is 29.5 Å². The van der Waals surface area contributed by atoms with Gasteiger partial charge in [0.2, 0.25) is 0 Å². The molecule has 1 fully saturated rings. The second-order valence-electron chi connectivity index (χ2n) is 6.58. The van der Waals surface area contributed by atoms with Crippen LogP contribution in [0.5, 0.6) is 0 Å². The van der Waals surface area contributed by atoms with Crippen molar-refractivity contribution < 1.29 is 4.92 Å². The number of nitrogens with zero attached hydrogens (tertiary/aromatic N) is 2. The summed E-state index contributed by atoms with van der Waals surface area (Å²) < 4.78 is 0. The van der Waals surface area contributed by atoms with Gasteiger partial charge in [0.15, 0.2) is 0 Å². The zero-order chi connectivity index (χ0) is 17.1. The summed E-state index contributed by atoms with van der Waals surface area (Å²) in [5.41, 5.74) is 9.19. The van der Waals surface area contributed by atoms with Crippen molar-refractivity contribution in [2.24, 2.45) is 11.7 Å². The van der Waals surface area contributed by atoms with E-state index in [1.54, 1.807) is 13.0 Å². The molecule has 0 amide bonds. The molecule has 0 unspecified atom stereocenters. The highest BCUT2D eigenvalue weighted by molar-refractivity contribution is 5.42. The lowest BCUT2D eigenvalue weighted by atomic mass is 9.89. The summed E-state index contributed by atoms with van der Waals surface area (Å²) in [4.78, 5) is 13.2. The molecule has 2 atom stereocenters. The lowest BCUT2D eigenvalue weighted by Crippen LogP contribution is -2.23. The molecule has 0 spiro atoms. The number of hydrogen-bond acceptors (Lipinski definition) is 4. The third-order valence-electron chi connectivity index (χ3n) is 4.92. The Kier molecular flexibility index (Phi) is 4.92. The van der Waals surface area contributed by atoms with E-state index in [0.717, 1.165) is 25.2 Å². The molecule has 126 valence electrons. The molecule has 2 aromatic rings.